The van der Waals surface area contributed by atoms with Crippen molar-refractivity contribution in [1.82, 2.24) is 0 Å². The molecular weight excluding hydrogens is 465 g/mol. The summed E-state index contributed by atoms with van der Waals surface area (Å²) in [6, 6.07) is 15.3. The van der Waals surface area contributed by atoms with E-state index in [9.17, 15) is 0 Å². The fourth-order valence-electron chi connectivity index (χ4n) is 3.34. The third-order valence-electron chi connectivity index (χ3n) is 4.99. The van der Waals surface area contributed by atoms with Crippen LogP contribution in [0.25, 0.3) is 0 Å². The van der Waals surface area contributed by atoms with Gasteiger partial charge in [-0.1, -0.05) is 53.0 Å². The Hall–Kier alpha value is -2.33. The molecule has 6 heteroatoms. The van der Waals surface area contributed by atoms with E-state index < -0.39 is 0 Å². The van der Waals surface area contributed by atoms with Gasteiger partial charge in [-0.05, 0) is 67.8 Å². The number of rotatable bonds is 10. The molecule has 168 valence electrons. The summed E-state index contributed by atoms with van der Waals surface area (Å²) in [5.41, 5.74) is 4.94. The molecule has 0 aromatic heterocycles. The molecular formula is C26H26Cl3NO2. The molecule has 1 N–H and O–H groups in total. The molecule has 0 saturated carbocycles. The van der Waals surface area contributed by atoms with Gasteiger partial charge in [-0.25, -0.2) is 0 Å². The molecule has 32 heavy (non-hydrogen) atoms. The third kappa shape index (κ3) is 6.13. The van der Waals surface area contributed by atoms with Crippen LogP contribution in [0.3, 0.4) is 0 Å². The number of benzene rings is 3. The van der Waals surface area contributed by atoms with Crippen LogP contribution in [0.4, 0.5) is 5.69 Å². The molecule has 0 aliphatic heterocycles. The predicted octanol–water partition coefficient (Wildman–Crippen LogP) is 8.27. The molecule has 3 aromatic carbocycles. The Morgan fingerprint density at radius 3 is 2.50 bits per heavy atom. The van der Waals surface area contributed by atoms with Crippen molar-refractivity contribution in [3.05, 3.63) is 98.5 Å². The minimum atomic E-state index is 0.305. The van der Waals surface area contributed by atoms with E-state index in [0.717, 1.165) is 33.0 Å². The van der Waals surface area contributed by atoms with Gasteiger partial charge in [0.1, 0.15) is 6.61 Å². The van der Waals surface area contributed by atoms with Crippen molar-refractivity contribution < 1.29 is 9.47 Å². The fraction of sp³-hybridized carbons (Fsp3) is 0.231. The summed E-state index contributed by atoms with van der Waals surface area (Å²) >= 11 is 18.6. The van der Waals surface area contributed by atoms with Crippen molar-refractivity contribution in [2.45, 2.75) is 33.4 Å². The maximum absolute atomic E-state index is 6.32. The largest absolute Gasteiger partial charge is 0.490 e. The van der Waals surface area contributed by atoms with Gasteiger partial charge in [0.2, 0.25) is 0 Å². The number of nitrogens with one attached hydrogen (secondary N) is 1. The van der Waals surface area contributed by atoms with Crippen LogP contribution < -0.4 is 14.8 Å². The van der Waals surface area contributed by atoms with Crippen LogP contribution in [-0.4, -0.2) is 6.61 Å². The minimum Gasteiger partial charge on any atom is -0.490 e. The number of hydrogen-bond acceptors (Lipinski definition) is 3. The normalized spacial score (nSPS) is 10.7. The number of anilines is 1. The Kier molecular flexibility index (Phi) is 8.75. The minimum absolute atomic E-state index is 0.305. The van der Waals surface area contributed by atoms with Gasteiger partial charge in [0.25, 0.3) is 0 Å². The second kappa shape index (κ2) is 11.5. The molecule has 3 rings (SSSR count). The number of allylic oxidation sites excluding steroid dienone is 1. The SMILES string of the molecule is C=CCc1cc(CNc2cccc(Cl)c2C)cc(OCC)c1OCc1ccc(Cl)cc1Cl. The molecule has 0 unspecified atom stereocenters. The zero-order valence-corrected chi connectivity index (χ0v) is 20.4. The zero-order chi connectivity index (χ0) is 23.1. The first-order chi connectivity index (χ1) is 15.4. The molecule has 0 aliphatic rings. The standard InChI is InChI=1S/C26H26Cl3NO2/c1-4-7-19-12-18(15-30-24-9-6-8-22(28)17(24)3)13-25(31-5-2)26(19)32-16-20-10-11-21(27)14-23(20)29/h4,6,8-14,30H,1,5,7,15-16H2,2-3H3. The van der Waals surface area contributed by atoms with Crippen LogP contribution in [0.5, 0.6) is 11.5 Å². The average molecular weight is 491 g/mol. The molecule has 0 radical (unpaired) electrons. The summed E-state index contributed by atoms with van der Waals surface area (Å²) in [6.45, 7) is 9.30. The van der Waals surface area contributed by atoms with Crippen molar-refractivity contribution in [3.8, 4) is 11.5 Å². The van der Waals surface area contributed by atoms with E-state index in [0.29, 0.717) is 47.7 Å². The van der Waals surface area contributed by atoms with E-state index >= 15 is 0 Å². The third-order valence-corrected chi connectivity index (χ3v) is 5.99. The molecule has 3 nitrogen and oxygen atoms in total. The van der Waals surface area contributed by atoms with Crippen LogP contribution >= 0.6 is 34.8 Å². The maximum Gasteiger partial charge on any atom is 0.165 e. The van der Waals surface area contributed by atoms with E-state index in [2.05, 4.69) is 18.0 Å². The van der Waals surface area contributed by atoms with Crippen molar-refractivity contribution in [3.63, 3.8) is 0 Å². The van der Waals surface area contributed by atoms with Crippen molar-refractivity contribution in [1.29, 1.82) is 0 Å². The van der Waals surface area contributed by atoms with Crippen molar-refractivity contribution in [2.24, 2.45) is 0 Å². The molecule has 0 bridgehead atoms. The van der Waals surface area contributed by atoms with E-state index in [1.807, 2.05) is 50.3 Å². The smallest absolute Gasteiger partial charge is 0.165 e. The van der Waals surface area contributed by atoms with Crippen molar-refractivity contribution >= 4 is 40.5 Å². The van der Waals surface area contributed by atoms with Crippen LogP contribution in [-0.2, 0) is 19.6 Å². The molecule has 0 spiro atoms. The van der Waals surface area contributed by atoms with Crippen LogP contribution in [0.15, 0.2) is 61.2 Å². The first kappa shape index (κ1) is 24.3. The molecule has 0 amide bonds. The van der Waals surface area contributed by atoms with Crippen LogP contribution in [0, 0.1) is 6.92 Å². The number of hydrogen-bond donors (Lipinski definition) is 1. The Morgan fingerprint density at radius 2 is 1.78 bits per heavy atom. The quantitative estimate of drug-likeness (QED) is 0.290. The summed E-state index contributed by atoms with van der Waals surface area (Å²) in [4.78, 5) is 0. The van der Waals surface area contributed by atoms with Gasteiger partial charge in [0.05, 0.1) is 6.61 Å². The molecule has 0 heterocycles. The molecule has 0 atom stereocenters. The highest BCUT2D eigenvalue weighted by Gasteiger charge is 2.15. The van der Waals surface area contributed by atoms with Crippen molar-refractivity contribution in [2.75, 3.05) is 11.9 Å². The molecule has 0 saturated heterocycles. The van der Waals surface area contributed by atoms with Gasteiger partial charge < -0.3 is 14.8 Å². The van der Waals surface area contributed by atoms with Gasteiger partial charge in [-0.3, -0.25) is 0 Å². The summed E-state index contributed by atoms with van der Waals surface area (Å²) in [5.74, 6) is 1.39. The predicted molar refractivity (Wildman–Crippen MR) is 136 cm³/mol. The highest BCUT2D eigenvalue weighted by Crippen LogP contribution is 2.36. The van der Waals surface area contributed by atoms with Gasteiger partial charge in [-0.15, -0.1) is 6.58 Å². The van der Waals surface area contributed by atoms with Gasteiger partial charge in [0.15, 0.2) is 11.5 Å². The molecule has 3 aromatic rings. The maximum atomic E-state index is 6.32. The van der Waals surface area contributed by atoms with Gasteiger partial charge in [0, 0.05) is 38.4 Å². The van der Waals surface area contributed by atoms with Gasteiger partial charge in [-0.2, -0.15) is 0 Å². The lowest BCUT2D eigenvalue weighted by atomic mass is 10.0. The Balaban J connectivity index is 1.87. The topological polar surface area (TPSA) is 30.5 Å². The lowest BCUT2D eigenvalue weighted by Crippen LogP contribution is -2.06. The summed E-state index contributed by atoms with van der Waals surface area (Å²) in [7, 11) is 0. The van der Waals surface area contributed by atoms with E-state index in [4.69, 9.17) is 44.3 Å². The summed E-state index contributed by atoms with van der Waals surface area (Å²) in [6.07, 6.45) is 2.50. The first-order valence-corrected chi connectivity index (χ1v) is 11.5. The fourth-order valence-corrected chi connectivity index (χ4v) is 3.98. The first-order valence-electron chi connectivity index (χ1n) is 10.4. The lowest BCUT2D eigenvalue weighted by molar-refractivity contribution is 0.267. The molecule has 0 fully saturated rings. The average Bonchev–Trinajstić information content (AvgIpc) is 2.76. The van der Waals surface area contributed by atoms with Crippen LogP contribution in [0.1, 0.15) is 29.2 Å². The van der Waals surface area contributed by atoms with Gasteiger partial charge >= 0.3 is 0 Å². The monoisotopic (exact) mass is 489 g/mol. The molecule has 0 aliphatic carbocycles. The zero-order valence-electron chi connectivity index (χ0n) is 18.2. The van der Waals surface area contributed by atoms with E-state index in [1.54, 1.807) is 12.1 Å². The second-order valence-corrected chi connectivity index (χ2v) is 8.55. The number of ether oxygens (including phenoxy) is 2. The second-order valence-electron chi connectivity index (χ2n) is 7.30. The van der Waals surface area contributed by atoms with E-state index in [-0.39, 0.29) is 0 Å². The highest BCUT2D eigenvalue weighted by molar-refractivity contribution is 6.35. The Morgan fingerprint density at radius 1 is 0.969 bits per heavy atom. The van der Waals surface area contributed by atoms with Crippen LogP contribution in [0.2, 0.25) is 15.1 Å². The summed E-state index contributed by atoms with van der Waals surface area (Å²) in [5, 5.41) is 5.36. The Bertz CT molecular complexity index is 1100. The Labute approximate surface area is 204 Å². The highest BCUT2D eigenvalue weighted by atomic mass is 35.5. The van der Waals surface area contributed by atoms with E-state index in [1.165, 1.54) is 0 Å². The lowest BCUT2D eigenvalue weighted by Gasteiger charge is -2.19. The summed E-state index contributed by atoms with van der Waals surface area (Å²) < 4.78 is 12.1. The number of halogens is 3.